The number of hydrogen-bond donors (Lipinski definition) is 0. The number of amides is 1. The highest BCUT2D eigenvalue weighted by Gasteiger charge is 2.21. The highest BCUT2D eigenvalue weighted by Crippen LogP contribution is 2.32. The van der Waals surface area contributed by atoms with Crippen molar-refractivity contribution in [3.63, 3.8) is 0 Å². The monoisotopic (exact) mass is 417 g/mol. The maximum Gasteiger partial charge on any atom is 0.278 e. The summed E-state index contributed by atoms with van der Waals surface area (Å²) in [6.07, 6.45) is 1.67. The Morgan fingerprint density at radius 1 is 1.28 bits per heavy atom. The van der Waals surface area contributed by atoms with Crippen molar-refractivity contribution in [2.24, 2.45) is 0 Å². The van der Waals surface area contributed by atoms with Gasteiger partial charge in [-0.25, -0.2) is 9.97 Å². The summed E-state index contributed by atoms with van der Waals surface area (Å²) in [4.78, 5) is 23.3. The Kier molecular flexibility index (Phi) is 5.45. The van der Waals surface area contributed by atoms with E-state index in [1.807, 2.05) is 37.3 Å². The molecule has 2 aromatic heterocycles. The predicted octanol–water partition coefficient (Wildman–Crippen LogP) is 4.64. The van der Waals surface area contributed by atoms with Crippen molar-refractivity contribution in [2.45, 2.75) is 6.92 Å². The molecule has 0 fully saturated rings. The fourth-order valence-corrected chi connectivity index (χ4v) is 3.45. The highest BCUT2D eigenvalue weighted by molar-refractivity contribution is 9.10. The van der Waals surface area contributed by atoms with Crippen molar-refractivity contribution >= 4 is 39.0 Å². The van der Waals surface area contributed by atoms with E-state index in [4.69, 9.17) is 4.74 Å². The van der Waals surface area contributed by atoms with Crippen LogP contribution in [0.15, 0.2) is 52.4 Å². The number of nitrogens with zero attached hydrogens (tertiary/aromatic N) is 3. The molecule has 5 nitrogen and oxygen atoms in total. The van der Waals surface area contributed by atoms with Crippen LogP contribution >= 0.6 is 27.3 Å². The van der Waals surface area contributed by atoms with Crippen molar-refractivity contribution in [1.29, 1.82) is 0 Å². The molecule has 1 amide bonds. The van der Waals surface area contributed by atoms with Gasteiger partial charge in [0.1, 0.15) is 22.3 Å². The second-order valence-electron chi connectivity index (χ2n) is 5.12. The molecule has 0 aliphatic heterocycles. The number of hydrogen-bond acceptors (Lipinski definition) is 5. The zero-order chi connectivity index (χ0) is 17.8. The zero-order valence-electron chi connectivity index (χ0n) is 13.8. The van der Waals surface area contributed by atoms with E-state index in [2.05, 4.69) is 25.9 Å². The van der Waals surface area contributed by atoms with E-state index >= 15 is 0 Å². The van der Waals surface area contributed by atoms with Crippen LogP contribution in [0.1, 0.15) is 17.4 Å². The average Bonchev–Trinajstić information content (AvgIpc) is 3.13. The normalized spacial score (nSPS) is 10.5. The van der Waals surface area contributed by atoms with Crippen molar-refractivity contribution in [1.82, 2.24) is 9.97 Å². The maximum atomic E-state index is 12.8. The van der Waals surface area contributed by atoms with Crippen LogP contribution in [0.3, 0.4) is 0 Å². The largest absolute Gasteiger partial charge is 0.496 e. The molecule has 3 rings (SSSR count). The number of thiazole rings is 1. The summed E-state index contributed by atoms with van der Waals surface area (Å²) in [5.74, 6) is 1.16. The van der Waals surface area contributed by atoms with Gasteiger partial charge in [0, 0.05) is 22.6 Å². The molecule has 2 heterocycles. The number of carbonyl (C=O) groups is 1. The molecule has 0 spiro atoms. The van der Waals surface area contributed by atoms with E-state index in [0.717, 1.165) is 20.8 Å². The maximum absolute atomic E-state index is 12.8. The van der Waals surface area contributed by atoms with E-state index in [1.165, 1.54) is 11.3 Å². The summed E-state index contributed by atoms with van der Waals surface area (Å²) in [5, 5.41) is 2.52. The van der Waals surface area contributed by atoms with Crippen LogP contribution in [-0.2, 0) is 0 Å². The van der Waals surface area contributed by atoms with Gasteiger partial charge in [-0.1, -0.05) is 12.1 Å². The number of anilines is 1. The van der Waals surface area contributed by atoms with E-state index in [1.54, 1.807) is 29.7 Å². The molecule has 25 heavy (non-hydrogen) atoms. The summed E-state index contributed by atoms with van der Waals surface area (Å²) in [7, 11) is 1.62. The number of pyridine rings is 1. The molecular weight excluding hydrogens is 402 g/mol. The number of methoxy groups -OCH3 is 1. The first-order chi connectivity index (χ1) is 12.1. The molecule has 3 aromatic rings. The van der Waals surface area contributed by atoms with Gasteiger partial charge in [0.05, 0.1) is 12.7 Å². The van der Waals surface area contributed by atoms with Crippen molar-refractivity contribution in [2.75, 3.05) is 18.6 Å². The molecule has 128 valence electrons. The van der Waals surface area contributed by atoms with Crippen LogP contribution in [-0.4, -0.2) is 29.5 Å². The highest BCUT2D eigenvalue weighted by atomic mass is 79.9. The third-order valence-corrected chi connectivity index (χ3v) is 4.96. The topological polar surface area (TPSA) is 55.3 Å². The van der Waals surface area contributed by atoms with Gasteiger partial charge in [0.2, 0.25) is 0 Å². The fourth-order valence-electron chi connectivity index (χ4n) is 2.39. The lowest BCUT2D eigenvalue weighted by atomic mass is 10.2. The van der Waals surface area contributed by atoms with Crippen molar-refractivity contribution in [3.8, 4) is 16.3 Å². The minimum atomic E-state index is -0.172. The summed E-state index contributed by atoms with van der Waals surface area (Å²) in [6.45, 7) is 2.42. The van der Waals surface area contributed by atoms with Crippen molar-refractivity contribution in [3.05, 3.63) is 58.1 Å². The lowest BCUT2D eigenvalue weighted by Crippen LogP contribution is -2.31. The Morgan fingerprint density at radius 3 is 2.76 bits per heavy atom. The molecule has 0 aliphatic rings. The summed E-state index contributed by atoms with van der Waals surface area (Å²) in [6, 6.07) is 11.3. The molecule has 0 aliphatic carbocycles. The van der Waals surface area contributed by atoms with Gasteiger partial charge in [0.25, 0.3) is 5.91 Å². The van der Waals surface area contributed by atoms with Crippen LogP contribution in [0.25, 0.3) is 10.6 Å². The number of para-hydroxylation sites is 1. The molecule has 0 radical (unpaired) electrons. The molecule has 0 saturated carbocycles. The van der Waals surface area contributed by atoms with Gasteiger partial charge in [0.15, 0.2) is 0 Å². The summed E-state index contributed by atoms with van der Waals surface area (Å²) >= 11 is 4.77. The second kappa shape index (κ2) is 7.76. The van der Waals surface area contributed by atoms with Crippen LogP contribution in [0.2, 0.25) is 0 Å². The van der Waals surface area contributed by atoms with E-state index in [9.17, 15) is 4.79 Å². The van der Waals surface area contributed by atoms with Crippen LogP contribution in [0.4, 0.5) is 5.82 Å². The Labute approximate surface area is 158 Å². The number of benzene rings is 1. The summed E-state index contributed by atoms with van der Waals surface area (Å²) < 4.78 is 6.24. The minimum Gasteiger partial charge on any atom is -0.496 e. The molecule has 0 unspecified atom stereocenters. The molecule has 1 aromatic carbocycles. The van der Waals surface area contributed by atoms with E-state index < -0.39 is 0 Å². The Balaban J connectivity index is 1.90. The molecular formula is C18H16BrN3O2S. The zero-order valence-corrected chi connectivity index (χ0v) is 16.2. The Morgan fingerprint density at radius 2 is 2.08 bits per heavy atom. The van der Waals surface area contributed by atoms with E-state index in [-0.39, 0.29) is 5.91 Å². The van der Waals surface area contributed by atoms with Crippen LogP contribution in [0.5, 0.6) is 5.75 Å². The van der Waals surface area contributed by atoms with Gasteiger partial charge < -0.3 is 4.74 Å². The first-order valence-corrected chi connectivity index (χ1v) is 9.33. The molecule has 0 bridgehead atoms. The molecule has 0 N–H and O–H groups in total. The SMILES string of the molecule is CCN(C(=O)c1csc(-c2ccccc2OC)n1)c1ccc(Br)cn1. The standard InChI is InChI=1S/C18H16BrN3O2S/c1-3-22(16-9-8-12(19)10-20-16)18(23)14-11-25-17(21-14)13-6-4-5-7-15(13)24-2/h4-11H,3H2,1-2H3. The lowest BCUT2D eigenvalue weighted by Gasteiger charge is -2.18. The second-order valence-corrected chi connectivity index (χ2v) is 6.90. The Bertz CT molecular complexity index is 880. The van der Waals surface area contributed by atoms with Gasteiger partial charge in [-0.2, -0.15) is 0 Å². The quantitative estimate of drug-likeness (QED) is 0.606. The number of ether oxygens (including phenoxy) is 1. The van der Waals surface area contributed by atoms with Gasteiger partial charge in [-0.15, -0.1) is 11.3 Å². The molecule has 7 heteroatoms. The van der Waals surface area contributed by atoms with Crippen LogP contribution in [0, 0.1) is 0 Å². The van der Waals surface area contributed by atoms with Gasteiger partial charge in [-0.05, 0) is 47.1 Å². The summed E-state index contributed by atoms with van der Waals surface area (Å²) in [5.41, 5.74) is 1.27. The lowest BCUT2D eigenvalue weighted by molar-refractivity contribution is 0.0983. The van der Waals surface area contributed by atoms with Gasteiger partial charge >= 0.3 is 0 Å². The van der Waals surface area contributed by atoms with E-state index in [0.29, 0.717) is 18.1 Å². The fraction of sp³-hybridized carbons (Fsp3) is 0.167. The minimum absolute atomic E-state index is 0.172. The number of rotatable bonds is 5. The number of halogens is 1. The third kappa shape index (κ3) is 3.72. The first-order valence-electron chi connectivity index (χ1n) is 7.66. The smallest absolute Gasteiger partial charge is 0.278 e. The van der Waals surface area contributed by atoms with Gasteiger partial charge in [-0.3, -0.25) is 9.69 Å². The average molecular weight is 418 g/mol. The number of aromatic nitrogens is 2. The first kappa shape index (κ1) is 17.6. The Hall–Kier alpha value is -2.25. The molecule has 0 atom stereocenters. The third-order valence-electron chi connectivity index (χ3n) is 3.61. The van der Waals surface area contributed by atoms with Crippen molar-refractivity contribution < 1.29 is 9.53 Å². The van der Waals surface area contributed by atoms with Crippen LogP contribution < -0.4 is 9.64 Å². The molecule has 0 saturated heterocycles. The number of carbonyl (C=O) groups excluding carboxylic acids is 1. The predicted molar refractivity (Wildman–Crippen MR) is 103 cm³/mol.